The third kappa shape index (κ3) is 9.16. The molecule has 6 amide bonds. The summed E-state index contributed by atoms with van der Waals surface area (Å²) in [7, 11) is 1.61. The Bertz CT molecular complexity index is 1370. The zero-order valence-corrected chi connectivity index (χ0v) is 27.7. The average molecular weight is 665 g/mol. The van der Waals surface area contributed by atoms with Crippen LogP contribution in [0.1, 0.15) is 62.1 Å². The smallest absolute Gasteiger partial charge is 0.407 e. The van der Waals surface area contributed by atoms with Crippen molar-refractivity contribution in [3.8, 4) is 5.75 Å². The van der Waals surface area contributed by atoms with Crippen LogP contribution >= 0.6 is 0 Å². The van der Waals surface area contributed by atoms with Gasteiger partial charge in [-0.15, -0.1) is 0 Å². The minimum absolute atomic E-state index is 0.101. The van der Waals surface area contributed by atoms with E-state index in [1.54, 1.807) is 7.11 Å². The van der Waals surface area contributed by atoms with Crippen LogP contribution < -0.4 is 20.7 Å². The van der Waals surface area contributed by atoms with E-state index in [-0.39, 0.29) is 36.6 Å². The van der Waals surface area contributed by atoms with Gasteiger partial charge in [-0.1, -0.05) is 55.3 Å². The van der Waals surface area contributed by atoms with Gasteiger partial charge in [0.15, 0.2) is 0 Å². The first-order chi connectivity index (χ1) is 23.3. The second-order valence-corrected chi connectivity index (χ2v) is 12.8. The van der Waals surface area contributed by atoms with Gasteiger partial charge in [-0.3, -0.25) is 9.69 Å². The van der Waals surface area contributed by atoms with Crippen molar-refractivity contribution in [1.29, 1.82) is 0 Å². The molecule has 1 spiro atoms. The molecule has 260 valence electrons. The van der Waals surface area contributed by atoms with Crippen molar-refractivity contribution in [2.24, 2.45) is 0 Å². The number of piperidine rings is 1. The van der Waals surface area contributed by atoms with E-state index in [0.717, 1.165) is 42.7 Å². The van der Waals surface area contributed by atoms with Crippen molar-refractivity contribution in [2.75, 3.05) is 53.0 Å². The van der Waals surface area contributed by atoms with Crippen LogP contribution in [0.2, 0.25) is 0 Å². The summed E-state index contributed by atoms with van der Waals surface area (Å²) in [6.45, 7) is 4.53. The number of morpholine rings is 1. The zero-order chi connectivity index (χ0) is 33.9. The summed E-state index contributed by atoms with van der Waals surface area (Å²) in [5, 5.41) is 17.7. The largest absolute Gasteiger partial charge is 0.497 e. The summed E-state index contributed by atoms with van der Waals surface area (Å²) in [4.78, 5) is 54.1. The van der Waals surface area contributed by atoms with E-state index in [1.807, 2.05) is 42.5 Å². The fraction of sp³-hybridized carbons (Fsp3) is 0.543. The molecule has 48 heavy (non-hydrogen) atoms. The summed E-state index contributed by atoms with van der Waals surface area (Å²) in [6, 6.07) is 17.2. The van der Waals surface area contributed by atoms with Crippen LogP contribution in [0.15, 0.2) is 54.6 Å². The Hall–Kier alpha value is -4.36. The number of methoxy groups -OCH3 is 1. The number of nitrogens with one attached hydrogen (secondary N) is 3. The third-order valence-corrected chi connectivity index (χ3v) is 9.67. The minimum atomic E-state index is -0.849. The maximum atomic E-state index is 13.4. The number of benzene rings is 2. The lowest BCUT2D eigenvalue weighted by atomic mass is 9.87. The highest BCUT2D eigenvalue weighted by molar-refractivity contribution is 6.07. The van der Waals surface area contributed by atoms with Crippen molar-refractivity contribution >= 4 is 24.1 Å². The molecule has 0 bridgehead atoms. The first-order valence-electron chi connectivity index (χ1n) is 16.9. The van der Waals surface area contributed by atoms with Crippen molar-refractivity contribution in [3.63, 3.8) is 0 Å². The SMILES string of the molecule is COc1ccc(CN2C(=O)NC3(CCN(CC[C@H](NC(=O)NC4CCCC4)c4ccccc4)CC3)C2=O)cc1.O=C(O)N1CCOCC1. The average Bonchev–Trinajstić information content (AvgIpc) is 3.70. The molecule has 1 atom stereocenters. The predicted octanol–water partition coefficient (Wildman–Crippen LogP) is 3.95. The molecule has 0 radical (unpaired) electrons. The van der Waals surface area contributed by atoms with Crippen LogP contribution in [-0.4, -0.2) is 108 Å². The van der Waals surface area contributed by atoms with Gasteiger partial charge >= 0.3 is 18.2 Å². The van der Waals surface area contributed by atoms with Crippen molar-refractivity contribution in [1.82, 2.24) is 30.7 Å². The molecule has 3 heterocycles. The summed E-state index contributed by atoms with van der Waals surface area (Å²) in [5.41, 5.74) is 1.13. The van der Waals surface area contributed by atoms with Gasteiger partial charge in [-0.2, -0.15) is 0 Å². The Morgan fingerprint density at radius 3 is 2.27 bits per heavy atom. The van der Waals surface area contributed by atoms with E-state index in [1.165, 1.54) is 22.6 Å². The second kappa shape index (κ2) is 16.6. The lowest BCUT2D eigenvalue weighted by molar-refractivity contribution is -0.133. The lowest BCUT2D eigenvalue weighted by Gasteiger charge is -2.37. The van der Waals surface area contributed by atoms with Crippen molar-refractivity contribution < 1.29 is 33.8 Å². The van der Waals surface area contributed by atoms with E-state index in [0.29, 0.717) is 52.2 Å². The van der Waals surface area contributed by atoms with Crippen LogP contribution in [0.5, 0.6) is 5.75 Å². The van der Waals surface area contributed by atoms with Crippen molar-refractivity contribution in [2.45, 2.75) is 69.1 Å². The molecule has 3 saturated heterocycles. The van der Waals surface area contributed by atoms with E-state index in [2.05, 4.69) is 33.0 Å². The number of urea groups is 2. The number of hydrogen-bond donors (Lipinski definition) is 4. The van der Waals surface area contributed by atoms with Gasteiger partial charge in [0.25, 0.3) is 5.91 Å². The Kier molecular flexibility index (Phi) is 12.1. The zero-order valence-electron chi connectivity index (χ0n) is 27.7. The number of hydrogen-bond acceptors (Lipinski definition) is 7. The molecule has 0 unspecified atom stereocenters. The van der Waals surface area contributed by atoms with Crippen molar-refractivity contribution in [3.05, 3.63) is 65.7 Å². The lowest BCUT2D eigenvalue weighted by Crippen LogP contribution is -2.55. The van der Waals surface area contributed by atoms with Crippen LogP contribution in [0.3, 0.4) is 0 Å². The molecule has 13 heteroatoms. The molecular formula is C35H48N6O7. The van der Waals surface area contributed by atoms with Gasteiger partial charge in [0, 0.05) is 38.8 Å². The van der Waals surface area contributed by atoms with Gasteiger partial charge < -0.3 is 40.3 Å². The molecule has 1 aliphatic carbocycles. The number of amides is 6. The summed E-state index contributed by atoms with van der Waals surface area (Å²) >= 11 is 0. The summed E-state index contributed by atoms with van der Waals surface area (Å²) in [5.74, 6) is 0.592. The number of imide groups is 1. The van der Waals surface area contributed by atoms with E-state index >= 15 is 0 Å². The molecule has 1 saturated carbocycles. The fourth-order valence-electron chi connectivity index (χ4n) is 6.76. The molecule has 13 nitrogen and oxygen atoms in total. The first kappa shape index (κ1) is 35.0. The maximum absolute atomic E-state index is 13.4. The van der Waals surface area contributed by atoms with Crippen LogP contribution in [-0.2, 0) is 16.1 Å². The second-order valence-electron chi connectivity index (χ2n) is 12.8. The molecule has 4 N–H and O–H groups in total. The Morgan fingerprint density at radius 2 is 1.67 bits per heavy atom. The van der Waals surface area contributed by atoms with Gasteiger partial charge in [-0.25, -0.2) is 14.4 Å². The summed E-state index contributed by atoms with van der Waals surface area (Å²) < 4.78 is 10.1. The number of ether oxygens (including phenoxy) is 2. The highest BCUT2D eigenvalue weighted by Gasteiger charge is 2.52. The van der Waals surface area contributed by atoms with Gasteiger partial charge in [0.1, 0.15) is 11.3 Å². The molecule has 0 aromatic heterocycles. The molecule has 2 aromatic rings. The van der Waals surface area contributed by atoms with E-state index < -0.39 is 11.6 Å². The molecule has 4 aliphatic rings. The van der Waals surface area contributed by atoms with E-state index in [4.69, 9.17) is 14.6 Å². The highest BCUT2D eigenvalue weighted by Crippen LogP contribution is 2.31. The van der Waals surface area contributed by atoms with Gasteiger partial charge in [0.05, 0.1) is 32.9 Å². The number of carbonyl (C=O) groups excluding carboxylic acids is 3. The molecule has 4 fully saturated rings. The number of likely N-dealkylation sites (tertiary alicyclic amines) is 1. The molecular weight excluding hydrogens is 616 g/mol. The van der Waals surface area contributed by atoms with Gasteiger partial charge in [0.2, 0.25) is 0 Å². The normalized spacial score (nSPS) is 20.1. The minimum Gasteiger partial charge on any atom is -0.497 e. The fourth-order valence-corrected chi connectivity index (χ4v) is 6.76. The Morgan fingerprint density at radius 1 is 1.00 bits per heavy atom. The predicted molar refractivity (Wildman–Crippen MR) is 179 cm³/mol. The number of nitrogens with zero attached hydrogens (tertiary/aromatic N) is 3. The molecule has 3 aliphatic heterocycles. The van der Waals surface area contributed by atoms with Crippen LogP contribution in [0.4, 0.5) is 14.4 Å². The van der Waals surface area contributed by atoms with E-state index in [9.17, 15) is 19.2 Å². The van der Waals surface area contributed by atoms with Crippen LogP contribution in [0.25, 0.3) is 0 Å². The number of carboxylic acid groups (broad SMARTS) is 1. The number of carbonyl (C=O) groups is 4. The quantitative estimate of drug-likeness (QED) is 0.294. The van der Waals surface area contributed by atoms with Gasteiger partial charge in [-0.05, 0) is 55.4 Å². The number of rotatable bonds is 9. The molecule has 2 aromatic carbocycles. The van der Waals surface area contributed by atoms with Crippen LogP contribution in [0, 0.1) is 0 Å². The molecule has 6 rings (SSSR count). The topological polar surface area (TPSA) is 153 Å². The first-order valence-corrected chi connectivity index (χ1v) is 16.9. The maximum Gasteiger partial charge on any atom is 0.407 e. The third-order valence-electron chi connectivity index (χ3n) is 9.67. The monoisotopic (exact) mass is 664 g/mol. The standard InChI is InChI=1S/C30H39N5O4.C5H9NO3/c1-39-25-13-11-22(12-14-25)21-35-27(36)30(33-29(35)38)16-19-34(20-17-30)18-15-26(23-7-3-2-4-8-23)32-28(37)31-24-9-5-6-10-24;7-5(8)6-1-3-9-4-2-6/h2-4,7-8,11-14,24,26H,5-6,9-10,15-21H2,1H3,(H,33,38)(H2,31,32,37);1-4H2,(H,7,8)/t26-;/m0./s1. The summed E-state index contributed by atoms with van der Waals surface area (Å²) in [6.07, 6.45) is 5.50. The Balaban J connectivity index is 0.000000434. The highest BCUT2D eigenvalue weighted by atomic mass is 16.5. The Labute approximate surface area is 281 Å².